The van der Waals surface area contributed by atoms with Gasteiger partial charge in [0.15, 0.2) is 0 Å². The summed E-state index contributed by atoms with van der Waals surface area (Å²) in [5.74, 6) is -19.4. The van der Waals surface area contributed by atoms with Gasteiger partial charge in [-0.15, -0.1) is 0 Å². The molecule has 0 heterocycles. The first-order valence-corrected chi connectivity index (χ1v) is 9.78. The fourth-order valence-corrected chi connectivity index (χ4v) is 2.84. The van der Waals surface area contributed by atoms with E-state index in [-0.39, 0.29) is 6.61 Å². The van der Waals surface area contributed by atoms with E-state index in [0.29, 0.717) is 12.8 Å². The molecule has 0 aliphatic rings. The van der Waals surface area contributed by atoms with Gasteiger partial charge in [-0.1, -0.05) is 46.9 Å². The lowest BCUT2D eigenvalue weighted by Gasteiger charge is -2.33. The maximum atomic E-state index is 13.2. The van der Waals surface area contributed by atoms with Gasteiger partial charge in [-0.25, -0.2) is 0 Å². The van der Waals surface area contributed by atoms with E-state index >= 15 is 0 Å². The number of benzene rings is 1. The zero-order valence-electron chi connectivity index (χ0n) is 14.9. The minimum absolute atomic E-state index is 0.0167. The van der Waals surface area contributed by atoms with Crippen LogP contribution in [-0.4, -0.2) is 48.4 Å². The summed E-state index contributed by atoms with van der Waals surface area (Å²) in [6.07, 6.45) is -4.95. The van der Waals surface area contributed by atoms with Crippen molar-refractivity contribution in [1.29, 1.82) is 0 Å². The summed E-state index contributed by atoms with van der Waals surface area (Å²) in [4.78, 5) is 0. The normalized spacial score (nSPS) is 13.7. The Labute approximate surface area is 174 Å². The van der Waals surface area contributed by atoms with Crippen LogP contribution in [0.25, 0.3) is 0 Å². The number of aryl methyl sites for hydroxylation is 2. The minimum Gasteiger partial charge on any atom is -0.355 e. The van der Waals surface area contributed by atoms with Crippen molar-refractivity contribution < 1.29 is 49.0 Å². The Kier molecular flexibility index (Phi) is 9.52. The maximum Gasteiger partial charge on any atom is 0.460 e. The lowest BCUT2D eigenvalue weighted by molar-refractivity contribution is -0.400. The lowest BCUT2D eigenvalue weighted by Crippen LogP contribution is -2.62. The van der Waals surface area contributed by atoms with E-state index in [9.17, 15) is 39.5 Å². The Morgan fingerprint density at radius 1 is 0.793 bits per heavy atom. The smallest absolute Gasteiger partial charge is 0.355 e. The van der Waals surface area contributed by atoms with Gasteiger partial charge in [0.1, 0.15) is 13.4 Å². The largest absolute Gasteiger partial charge is 0.460 e. The molecule has 0 aliphatic heterocycles. The Hall–Kier alpha value is -0.760. The van der Waals surface area contributed by atoms with Gasteiger partial charge in [0.05, 0.1) is 0 Å². The van der Waals surface area contributed by atoms with Crippen LogP contribution >= 0.6 is 22.6 Å². The molecule has 0 unspecified atom stereocenters. The lowest BCUT2D eigenvalue weighted by atomic mass is 10.0. The molecule has 0 spiro atoms. The monoisotopic (exact) mass is 552 g/mol. The fraction of sp³-hybridized carbons (Fsp3) is 0.647. The third kappa shape index (κ3) is 6.88. The van der Waals surface area contributed by atoms with Crippen LogP contribution in [0.2, 0.25) is 0 Å². The van der Waals surface area contributed by atoms with Crippen molar-refractivity contribution in [2.45, 2.75) is 43.2 Å². The van der Waals surface area contributed by atoms with Crippen LogP contribution in [0.4, 0.5) is 39.5 Å². The Balaban J connectivity index is 2.39. The highest BCUT2D eigenvalue weighted by Crippen LogP contribution is 2.53. The van der Waals surface area contributed by atoms with Gasteiger partial charge in [0.2, 0.25) is 0 Å². The van der Waals surface area contributed by atoms with Gasteiger partial charge in [-0.05, 0) is 30.4 Å². The molecule has 0 amide bonds. The second kappa shape index (κ2) is 10.5. The van der Waals surface area contributed by atoms with Crippen LogP contribution in [-0.2, 0) is 22.3 Å². The third-order valence-corrected chi connectivity index (χ3v) is 4.33. The summed E-state index contributed by atoms with van der Waals surface area (Å²) in [7, 11) is 0. The van der Waals surface area contributed by atoms with Crippen molar-refractivity contribution in [2.24, 2.45) is 0 Å². The highest BCUT2D eigenvalue weighted by molar-refractivity contribution is 14.1. The van der Waals surface area contributed by atoms with Gasteiger partial charge >= 0.3 is 23.9 Å². The van der Waals surface area contributed by atoms with E-state index in [1.165, 1.54) is 0 Å². The van der Waals surface area contributed by atoms with E-state index < -0.39 is 37.3 Å². The van der Waals surface area contributed by atoms with Gasteiger partial charge in [-0.2, -0.15) is 39.5 Å². The average molecular weight is 552 g/mol. The van der Waals surface area contributed by atoms with Gasteiger partial charge in [0.25, 0.3) is 0 Å². The van der Waals surface area contributed by atoms with Crippen LogP contribution in [0, 0.1) is 0 Å². The topological polar surface area (TPSA) is 18.5 Å². The second-order valence-corrected chi connectivity index (χ2v) is 7.17. The van der Waals surface area contributed by atoms with Crippen molar-refractivity contribution in [3.8, 4) is 0 Å². The van der Waals surface area contributed by atoms with Crippen LogP contribution in [0.5, 0.6) is 0 Å². The first-order chi connectivity index (χ1) is 13.3. The zero-order chi connectivity index (χ0) is 22.3. The number of hydrogen-bond acceptors (Lipinski definition) is 2. The molecule has 0 saturated carbocycles. The summed E-state index contributed by atoms with van der Waals surface area (Å²) in [5.41, 5.74) is 2.14. The first kappa shape index (κ1) is 26.3. The molecule has 12 heteroatoms. The quantitative estimate of drug-likeness (QED) is 0.103. The summed E-state index contributed by atoms with van der Waals surface area (Å²) in [6.45, 7) is -3.33. The van der Waals surface area contributed by atoms with E-state index in [1.54, 1.807) is 0 Å². The van der Waals surface area contributed by atoms with Gasteiger partial charge in [-0.3, -0.25) is 0 Å². The summed E-state index contributed by atoms with van der Waals surface area (Å²) in [5, 5.41) is 0. The number of hydrogen-bond donors (Lipinski definition) is 0. The number of alkyl halides is 10. The number of ether oxygens (including phenoxy) is 2. The highest BCUT2D eigenvalue weighted by atomic mass is 127. The Morgan fingerprint density at radius 2 is 1.38 bits per heavy atom. The van der Waals surface area contributed by atoms with Crippen LogP contribution in [0.15, 0.2) is 24.3 Å². The SMILES string of the molecule is FC(F)(F)C(F)(F)C(F)(F)C(F)(F)COCOCCCc1cccc(CCI)c1. The number of halogens is 10. The molecule has 1 rings (SSSR count). The van der Waals surface area contributed by atoms with E-state index in [2.05, 4.69) is 27.3 Å². The fourth-order valence-electron chi connectivity index (χ4n) is 2.21. The molecule has 29 heavy (non-hydrogen) atoms. The molecule has 0 N–H and O–H groups in total. The van der Waals surface area contributed by atoms with E-state index in [1.807, 2.05) is 24.3 Å². The Bertz CT molecular complexity index is 636. The first-order valence-electron chi connectivity index (χ1n) is 8.25. The zero-order valence-corrected chi connectivity index (χ0v) is 17.0. The maximum absolute atomic E-state index is 13.2. The van der Waals surface area contributed by atoms with Crippen LogP contribution < -0.4 is 0 Å². The molecule has 0 aliphatic carbocycles. The van der Waals surface area contributed by atoms with Crippen molar-refractivity contribution in [2.75, 3.05) is 24.4 Å². The van der Waals surface area contributed by atoms with Gasteiger partial charge < -0.3 is 9.47 Å². The molecule has 168 valence electrons. The number of rotatable bonds is 12. The summed E-state index contributed by atoms with van der Waals surface area (Å²) in [6, 6.07) is 7.69. The predicted molar refractivity (Wildman–Crippen MR) is 95.0 cm³/mol. The van der Waals surface area contributed by atoms with Gasteiger partial charge in [0, 0.05) is 11.0 Å². The predicted octanol–water partition coefficient (Wildman–Crippen LogP) is 6.06. The standard InChI is InChI=1S/C17H18F9IO2/c18-14(19,15(20,21)16(22,23)17(24,25)26)10-29-11-28-8-2-5-12-3-1-4-13(9-12)6-7-27/h1,3-4,9H,2,5-8,10-11H2. The molecular formula is C17H18F9IO2. The van der Waals surface area contributed by atoms with Crippen molar-refractivity contribution in [1.82, 2.24) is 0 Å². The minimum atomic E-state index is -6.92. The molecule has 0 radical (unpaired) electrons. The summed E-state index contributed by atoms with van der Waals surface area (Å²) < 4.78 is 124. The van der Waals surface area contributed by atoms with Crippen LogP contribution in [0.3, 0.4) is 0 Å². The van der Waals surface area contributed by atoms with Crippen LogP contribution in [0.1, 0.15) is 17.5 Å². The molecule has 2 nitrogen and oxygen atoms in total. The van der Waals surface area contributed by atoms with E-state index in [0.717, 1.165) is 22.0 Å². The molecule has 0 saturated heterocycles. The molecule has 1 aromatic rings. The van der Waals surface area contributed by atoms with E-state index in [4.69, 9.17) is 4.74 Å². The molecule has 1 aromatic carbocycles. The van der Waals surface area contributed by atoms with Crippen molar-refractivity contribution in [3.05, 3.63) is 35.4 Å². The molecular weight excluding hydrogens is 534 g/mol. The summed E-state index contributed by atoms with van der Waals surface area (Å²) >= 11 is 2.24. The molecule has 0 fully saturated rings. The molecule has 0 bridgehead atoms. The van der Waals surface area contributed by atoms with Crippen molar-refractivity contribution in [3.63, 3.8) is 0 Å². The molecule has 0 aromatic heterocycles. The average Bonchev–Trinajstić information content (AvgIpc) is 2.60. The molecule has 0 atom stereocenters. The second-order valence-electron chi connectivity index (χ2n) is 6.09. The van der Waals surface area contributed by atoms with Crippen molar-refractivity contribution >= 4 is 22.6 Å². The Morgan fingerprint density at radius 3 is 1.93 bits per heavy atom. The third-order valence-electron chi connectivity index (χ3n) is 3.79. The highest BCUT2D eigenvalue weighted by Gasteiger charge is 2.81.